The highest BCUT2D eigenvalue weighted by Gasteiger charge is 2.20. The van der Waals surface area contributed by atoms with Crippen LogP contribution in [0.2, 0.25) is 0 Å². The molecule has 1 atom stereocenters. The van der Waals surface area contributed by atoms with Gasteiger partial charge in [0.2, 0.25) is 0 Å². The van der Waals surface area contributed by atoms with Crippen molar-refractivity contribution in [3.05, 3.63) is 16.3 Å². The van der Waals surface area contributed by atoms with E-state index in [4.69, 9.17) is 10.5 Å². The average Bonchev–Trinajstić information content (AvgIpc) is 2.73. The number of carbonyl (C=O) groups is 1. The predicted molar refractivity (Wildman–Crippen MR) is 68.7 cm³/mol. The topological polar surface area (TPSA) is 55.6 Å². The normalized spacial score (nSPS) is 11.5. The zero-order chi connectivity index (χ0) is 11.4. The van der Waals surface area contributed by atoms with Gasteiger partial charge in [0, 0.05) is 19.6 Å². The number of ether oxygens (including phenoxy) is 1. The molecule has 0 aliphatic carbocycles. The second-order valence-corrected chi connectivity index (χ2v) is 4.23. The first-order valence-corrected chi connectivity index (χ1v) is 5.58. The van der Waals surface area contributed by atoms with Crippen molar-refractivity contribution >= 4 is 29.7 Å². The summed E-state index contributed by atoms with van der Waals surface area (Å²) in [6.45, 7) is 2.37. The number of hydrogen-bond donors (Lipinski definition) is 1. The van der Waals surface area contributed by atoms with Gasteiger partial charge in [0.1, 0.15) is 10.6 Å². The molecule has 0 aromatic carbocycles. The highest BCUT2D eigenvalue weighted by molar-refractivity contribution is 7.12. The van der Waals surface area contributed by atoms with Crippen molar-refractivity contribution in [1.82, 2.24) is 4.90 Å². The molecule has 1 heterocycles. The Morgan fingerprint density at radius 2 is 2.31 bits per heavy atom. The van der Waals surface area contributed by atoms with E-state index < -0.39 is 0 Å². The van der Waals surface area contributed by atoms with Crippen LogP contribution in [0.5, 0.6) is 5.75 Å². The Morgan fingerprint density at radius 1 is 1.69 bits per heavy atom. The Bertz CT molecular complexity index is 343. The van der Waals surface area contributed by atoms with Crippen LogP contribution in [0, 0.1) is 0 Å². The van der Waals surface area contributed by atoms with Crippen LogP contribution in [0.4, 0.5) is 0 Å². The van der Waals surface area contributed by atoms with Gasteiger partial charge in [-0.25, -0.2) is 0 Å². The molecular weight excluding hydrogens is 248 g/mol. The second-order valence-electron chi connectivity index (χ2n) is 3.32. The van der Waals surface area contributed by atoms with Crippen LogP contribution in [0.25, 0.3) is 0 Å². The molecule has 0 radical (unpaired) electrons. The Morgan fingerprint density at radius 3 is 2.81 bits per heavy atom. The van der Waals surface area contributed by atoms with Crippen LogP contribution in [0.3, 0.4) is 0 Å². The van der Waals surface area contributed by atoms with Gasteiger partial charge in [-0.05, 0) is 18.4 Å². The van der Waals surface area contributed by atoms with E-state index in [-0.39, 0.29) is 24.4 Å². The number of nitrogens with two attached hydrogens (primary N) is 1. The summed E-state index contributed by atoms with van der Waals surface area (Å²) in [4.78, 5) is 14.2. The summed E-state index contributed by atoms with van der Waals surface area (Å²) in [5.41, 5.74) is 5.51. The van der Waals surface area contributed by atoms with Crippen molar-refractivity contribution in [3.63, 3.8) is 0 Å². The first-order valence-electron chi connectivity index (χ1n) is 4.70. The van der Waals surface area contributed by atoms with Crippen molar-refractivity contribution in [3.8, 4) is 5.75 Å². The largest absolute Gasteiger partial charge is 0.495 e. The third kappa shape index (κ3) is 3.10. The van der Waals surface area contributed by atoms with Crippen molar-refractivity contribution in [2.75, 3.05) is 20.7 Å². The van der Waals surface area contributed by atoms with Gasteiger partial charge in [-0.3, -0.25) is 4.79 Å². The predicted octanol–water partition coefficient (Wildman–Crippen LogP) is 1.60. The number of hydrogen-bond acceptors (Lipinski definition) is 4. The molecule has 0 saturated carbocycles. The van der Waals surface area contributed by atoms with E-state index in [0.29, 0.717) is 17.2 Å². The van der Waals surface area contributed by atoms with Crippen molar-refractivity contribution in [2.45, 2.75) is 13.0 Å². The molecule has 0 aliphatic heterocycles. The van der Waals surface area contributed by atoms with Crippen molar-refractivity contribution in [2.24, 2.45) is 5.73 Å². The molecule has 0 aliphatic rings. The first kappa shape index (κ1) is 15.2. The molecule has 1 unspecified atom stereocenters. The molecule has 1 amide bonds. The quantitative estimate of drug-likeness (QED) is 0.899. The van der Waals surface area contributed by atoms with E-state index >= 15 is 0 Å². The fraction of sp³-hybridized carbons (Fsp3) is 0.500. The van der Waals surface area contributed by atoms with E-state index in [0.717, 1.165) is 0 Å². The number of rotatable bonds is 4. The summed E-state index contributed by atoms with van der Waals surface area (Å²) < 4.78 is 5.10. The van der Waals surface area contributed by atoms with Gasteiger partial charge in [-0.2, -0.15) is 0 Å². The summed E-state index contributed by atoms with van der Waals surface area (Å²) in [6.07, 6.45) is 0. The molecule has 1 aromatic rings. The lowest BCUT2D eigenvalue weighted by atomic mass is 10.3. The number of carbonyl (C=O) groups excluding carboxylic acids is 1. The third-order valence-electron chi connectivity index (χ3n) is 2.37. The molecule has 0 fully saturated rings. The van der Waals surface area contributed by atoms with Gasteiger partial charge < -0.3 is 15.4 Å². The lowest BCUT2D eigenvalue weighted by molar-refractivity contribution is 0.0750. The van der Waals surface area contributed by atoms with Gasteiger partial charge >= 0.3 is 0 Å². The van der Waals surface area contributed by atoms with E-state index in [1.54, 1.807) is 25.1 Å². The number of likely N-dealkylation sites (N-methyl/N-ethyl adjacent to an activating group) is 1. The maximum atomic E-state index is 12.0. The molecule has 2 N–H and O–H groups in total. The third-order valence-corrected chi connectivity index (χ3v) is 3.25. The number of methoxy groups -OCH3 is 1. The molecule has 4 nitrogen and oxygen atoms in total. The van der Waals surface area contributed by atoms with Crippen molar-refractivity contribution < 1.29 is 9.53 Å². The smallest absolute Gasteiger partial charge is 0.267 e. The summed E-state index contributed by atoms with van der Waals surface area (Å²) in [6, 6.07) is 1.82. The molecule has 16 heavy (non-hydrogen) atoms. The van der Waals surface area contributed by atoms with Gasteiger partial charge in [-0.1, -0.05) is 0 Å². The second kappa shape index (κ2) is 6.73. The Balaban J connectivity index is 0.00000225. The number of halogens is 1. The van der Waals surface area contributed by atoms with Crippen LogP contribution in [0.15, 0.2) is 11.4 Å². The molecule has 0 saturated heterocycles. The first-order chi connectivity index (χ1) is 7.11. The van der Waals surface area contributed by atoms with Gasteiger partial charge in [0.05, 0.1) is 7.11 Å². The van der Waals surface area contributed by atoms with Crippen LogP contribution in [-0.2, 0) is 0 Å². The van der Waals surface area contributed by atoms with E-state index in [2.05, 4.69) is 0 Å². The molecule has 0 spiro atoms. The number of thiophene rings is 1. The molecular formula is C10H17ClN2O2S. The minimum Gasteiger partial charge on any atom is -0.495 e. The minimum absolute atomic E-state index is 0. The van der Waals surface area contributed by atoms with Crippen LogP contribution < -0.4 is 10.5 Å². The molecule has 6 heteroatoms. The SMILES string of the molecule is COc1ccsc1C(=O)N(C)C(C)CN.Cl. The highest BCUT2D eigenvalue weighted by Crippen LogP contribution is 2.25. The number of amides is 1. The van der Waals surface area contributed by atoms with Crippen molar-refractivity contribution in [1.29, 1.82) is 0 Å². The molecule has 0 bridgehead atoms. The van der Waals surface area contributed by atoms with Gasteiger partial charge in [0.15, 0.2) is 0 Å². The average molecular weight is 265 g/mol. The zero-order valence-electron chi connectivity index (χ0n) is 9.60. The van der Waals surface area contributed by atoms with Gasteiger partial charge in [-0.15, -0.1) is 23.7 Å². The standard InChI is InChI=1S/C10H16N2O2S.ClH/c1-7(6-11)12(2)10(13)9-8(14-3)4-5-15-9;/h4-5,7H,6,11H2,1-3H3;1H. The molecule has 92 valence electrons. The molecule has 1 aromatic heterocycles. The Labute approximate surface area is 106 Å². The lowest BCUT2D eigenvalue weighted by Crippen LogP contribution is -2.39. The summed E-state index contributed by atoms with van der Waals surface area (Å²) in [5.74, 6) is 0.584. The fourth-order valence-electron chi connectivity index (χ4n) is 1.13. The fourth-order valence-corrected chi connectivity index (χ4v) is 1.97. The minimum atomic E-state index is -0.0419. The lowest BCUT2D eigenvalue weighted by Gasteiger charge is -2.23. The molecule has 1 rings (SSSR count). The summed E-state index contributed by atoms with van der Waals surface area (Å²) in [5, 5.41) is 1.84. The summed E-state index contributed by atoms with van der Waals surface area (Å²) in [7, 11) is 3.31. The van der Waals surface area contributed by atoms with Crippen LogP contribution >= 0.6 is 23.7 Å². The van der Waals surface area contributed by atoms with E-state index in [9.17, 15) is 4.79 Å². The summed E-state index contributed by atoms with van der Waals surface area (Å²) >= 11 is 1.38. The highest BCUT2D eigenvalue weighted by atomic mass is 35.5. The Kier molecular flexibility index (Phi) is 6.40. The van der Waals surface area contributed by atoms with E-state index in [1.807, 2.05) is 12.3 Å². The van der Waals surface area contributed by atoms with Gasteiger partial charge in [0.25, 0.3) is 5.91 Å². The number of nitrogens with zero attached hydrogens (tertiary/aromatic N) is 1. The zero-order valence-corrected chi connectivity index (χ0v) is 11.2. The van der Waals surface area contributed by atoms with Crippen LogP contribution in [-0.4, -0.2) is 37.6 Å². The van der Waals surface area contributed by atoms with E-state index in [1.165, 1.54) is 11.3 Å². The monoisotopic (exact) mass is 264 g/mol. The maximum absolute atomic E-state index is 12.0. The maximum Gasteiger partial charge on any atom is 0.267 e. The van der Waals surface area contributed by atoms with Crippen LogP contribution in [0.1, 0.15) is 16.6 Å². The Hall–Kier alpha value is -0.780.